The second-order valence-corrected chi connectivity index (χ2v) is 11.9. The van der Waals surface area contributed by atoms with Gasteiger partial charge in [0.15, 0.2) is 15.8 Å². The standard InChI is InChI=1S/C32H32N8O2S/c1-5-32(2,3)29(41)42-24-16-18-39(19-17-24)31-36-26(23-14-10-7-11-15-23)28(43-31)37-38-30-35-25(20-33)27(34-4)40(30)21-22-12-8-6-9-13-22/h6-15,24H,5,16-19,21H2,1-3H3/b38-37+. The van der Waals surface area contributed by atoms with Gasteiger partial charge in [-0.3, -0.25) is 9.36 Å². The number of thiazole rings is 1. The summed E-state index contributed by atoms with van der Waals surface area (Å²) < 4.78 is 7.44. The fraction of sp³-hybridized carbons (Fsp3) is 0.344. The van der Waals surface area contributed by atoms with Crippen molar-refractivity contribution in [2.24, 2.45) is 15.6 Å². The highest BCUT2D eigenvalue weighted by atomic mass is 32.1. The van der Waals surface area contributed by atoms with Crippen LogP contribution < -0.4 is 4.90 Å². The summed E-state index contributed by atoms with van der Waals surface area (Å²) in [6.45, 7) is 15.2. The Hall–Kier alpha value is -4.87. The molecule has 0 unspecified atom stereocenters. The van der Waals surface area contributed by atoms with Crippen LogP contribution >= 0.6 is 11.3 Å². The molecule has 0 aliphatic carbocycles. The molecule has 0 radical (unpaired) electrons. The maximum Gasteiger partial charge on any atom is 0.324 e. The Bertz CT molecular complexity index is 1690. The lowest BCUT2D eigenvalue weighted by molar-refractivity contribution is -0.160. The summed E-state index contributed by atoms with van der Waals surface area (Å²) in [4.78, 5) is 27.6. The van der Waals surface area contributed by atoms with Crippen LogP contribution in [0, 0.1) is 23.3 Å². The van der Waals surface area contributed by atoms with E-state index in [1.54, 1.807) is 4.57 Å². The van der Waals surface area contributed by atoms with Gasteiger partial charge in [-0.2, -0.15) is 10.2 Å². The fourth-order valence-corrected chi connectivity index (χ4v) is 5.57. The van der Waals surface area contributed by atoms with Gasteiger partial charge in [-0.1, -0.05) is 90.6 Å². The van der Waals surface area contributed by atoms with Crippen LogP contribution in [-0.2, 0) is 16.1 Å². The van der Waals surface area contributed by atoms with Crippen molar-refractivity contribution in [1.82, 2.24) is 14.5 Å². The van der Waals surface area contributed by atoms with E-state index in [2.05, 4.69) is 25.0 Å². The first-order chi connectivity index (χ1) is 20.8. The molecule has 0 amide bonds. The molecule has 10 nitrogen and oxygen atoms in total. The second kappa shape index (κ2) is 13.0. The third-order valence-electron chi connectivity index (χ3n) is 7.61. The van der Waals surface area contributed by atoms with Crippen LogP contribution in [0.15, 0.2) is 70.9 Å². The van der Waals surface area contributed by atoms with Crippen molar-refractivity contribution < 1.29 is 9.53 Å². The van der Waals surface area contributed by atoms with Crippen LogP contribution in [0.4, 0.5) is 21.9 Å². The van der Waals surface area contributed by atoms with Crippen molar-refractivity contribution in [1.29, 1.82) is 5.26 Å². The molecule has 0 N–H and O–H groups in total. The van der Waals surface area contributed by atoms with Gasteiger partial charge in [0.25, 0.3) is 5.82 Å². The highest BCUT2D eigenvalue weighted by Crippen LogP contribution is 2.41. The lowest BCUT2D eigenvalue weighted by Crippen LogP contribution is -2.39. The highest BCUT2D eigenvalue weighted by molar-refractivity contribution is 7.19. The number of benzene rings is 2. The minimum atomic E-state index is -0.490. The number of carbonyl (C=O) groups excluding carboxylic acids is 1. The largest absolute Gasteiger partial charge is 0.462 e. The Morgan fingerprint density at radius 1 is 1.12 bits per heavy atom. The molecule has 3 heterocycles. The Balaban J connectivity index is 1.42. The number of aromatic nitrogens is 3. The topological polar surface area (TPSA) is 113 Å². The third-order valence-corrected chi connectivity index (χ3v) is 8.61. The van der Waals surface area contributed by atoms with Gasteiger partial charge in [-0.15, -0.1) is 5.11 Å². The van der Waals surface area contributed by atoms with E-state index in [1.807, 2.05) is 87.5 Å². The van der Waals surface area contributed by atoms with Gasteiger partial charge in [0.1, 0.15) is 24.4 Å². The first kappa shape index (κ1) is 29.6. The van der Waals surface area contributed by atoms with Gasteiger partial charge in [0, 0.05) is 31.5 Å². The van der Waals surface area contributed by atoms with E-state index in [0.717, 1.165) is 35.5 Å². The summed E-state index contributed by atoms with van der Waals surface area (Å²) in [6, 6.07) is 21.4. The van der Waals surface area contributed by atoms with Gasteiger partial charge in [0.05, 0.1) is 5.41 Å². The average molecular weight is 593 g/mol. The van der Waals surface area contributed by atoms with E-state index in [0.29, 0.717) is 30.3 Å². The molecule has 0 spiro atoms. The molecule has 2 aromatic carbocycles. The van der Waals surface area contributed by atoms with E-state index in [-0.39, 0.29) is 29.5 Å². The predicted molar refractivity (Wildman–Crippen MR) is 166 cm³/mol. The van der Waals surface area contributed by atoms with Gasteiger partial charge in [-0.05, 0) is 25.8 Å². The molecule has 1 aliphatic heterocycles. The molecule has 1 aliphatic rings. The minimum Gasteiger partial charge on any atom is -0.462 e. The Morgan fingerprint density at radius 3 is 2.42 bits per heavy atom. The molecule has 1 fully saturated rings. The van der Waals surface area contributed by atoms with Crippen molar-refractivity contribution in [2.45, 2.75) is 52.7 Å². The van der Waals surface area contributed by atoms with Gasteiger partial charge >= 0.3 is 11.9 Å². The zero-order chi connectivity index (χ0) is 30.4. The van der Waals surface area contributed by atoms with Crippen LogP contribution in [0.3, 0.4) is 0 Å². The lowest BCUT2D eigenvalue weighted by Gasteiger charge is -2.33. The van der Waals surface area contributed by atoms with E-state index < -0.39 is 5.41 Å². The number of piperidine rings is 1. The summed E-state index contributed by atoms with van der Waals surface area (Å²) in [5.74, 6) is 0.154. The first-order valence-electron chi connectivity index (χ1n) is 14.2. The molecule has 0 saturated carbocycles. The van der Waals surface area contributed by atoms with E-state index in [9.17, 15) is 10.1 Å². The molecule has 5 rings (SSSR count). The summed E-state index contributed by atoms with van der Waals surface area (Å²) in [6.07, 6.45) is 2.05. The number of imidazole rings is 1. The van der Waals surface area contributed by atoms with Crippen LogP contribution in [0.1, 0.15) is 51.3 Å². The molecule has 0 atom stereocenters. The van der Waals surface area contributed by atoms with Crippen LogP contribution in [-0.4, -0.2) is 39.7 Å². The molecule has 4 aromatic rings. The van der Waals surface area contributed by atoms with Crippen LogP contribution in [0.5, 0.6) is 0 Å². The number of hydrogen-bond donors (Lipinski definition) is 0. The smallest absolute Gasteiger partial charge is 0.324 e. The average Bonchev–Trinajstić information content (AvgIpc) is 3.62. The highest BCUT2D eigenvalue weighted by Gasteiger charge is 2.32. The SMILES string of the molecule is [C-]#[N+]c1c(C#N)nc(/N=N/c2sc(N3CCC(OC(=O)C(C)(C)CC)CC3)nc2-c2ccccc2)n1Cc1ccccc1. The zero-order valence-corrected chi connectivity index (χ0v) is 25.2. The molecule has 11 heteroatoms. The number of azo groups is 1. The van der Waals surface area contributed by atoms with Gasteiger partial charge in [0.2, 0.25) is 0 Å². The third kappa shape index (κ3) is 6.63. The number of carbonyl (C=O) groups is 1. The monoisotopic (exact) mass is 592 g/mol. The molecular weight excluding hydrogens is 560 g/mol. The number of nitriles is 1. The Labute approximate surface area is 255 Å². The lowest BCUT2D eigenvalue weighted by atomic mass is 9.90. The molecular formula is C32H32N8O2S. The van der Waals surface area contributed by atoms with Gasteiger partial charge in [-0.25, -0.2) is 4.98 Å². The zero-order valence-electron chi connectivity index (χ0n) is 24.4. The van der Waals surface area contributed by atoms with Gasteiger partial charge < -0.3 is 14.5 Å². The number of nitrogens with zero attached hydrogens (tertiary/aromatic N) is 8. The molecule has 43 heavy (non-hydrogen) atoms. The van der Waals surface area contributed by atoms with Crippen LogP contribution in [0.25, 0.3) is 16.1 Å². The second-order valence-electron chi connectivity index (χ2n) is 10.9. The Kier molecular flexibility index (Phi) is 8.93. The molecule has 218 valence electrons. The summed E-state index contributed by atoms with van der Waals surface area (Å²) in [5, 5.41) is 20.0. The minimum absolute atomic E-state index is 0.0130. The van der Waals surface area contributed by atoms with Crippen molar-refractivity contribution in [2.75, 3.05) is 18.0 Å². The van der Waals surface area contributed by atoms with Crippen molar-refractivity contribution in [3.8, 4) is 17.3 Å². The summed E-state index contributed by atoms with van der Waals surface area (Å²) in [5.41, 5.74) is 2.06. The Morgan fingerprint density at radius 2 is 1.79 bits per heavy atom. The normalized spacial score (nSPS) is 14.0. The maximum atomic E-state index is 12.6. The predicted octanol–water partition coefficient (Wildman–Crippen LogP) is 7.84. The number of anilines is 1. The maximum absolute atomic E-state index is 12.6. The summed E-state index contributed by atoms with van der Waals surface area (Å²) >= 11 is 1.42. The number of ether oxygens (including phenoxy) is 1. The van der Waals surface area contributed by atoms with E-state index >= 15 is 0 Å². The van der Waals surface area contributed by atoms with E-state index in [1.165, 1.54) is 11.3 Å². The van der Waals surface area contributed by atoms with Crippen molar-refractivity contribution >= 4 is 39.2 Å². The molecule has 0 bridgehead atoms. The van der Waals surface area contributed by atoms with Crippen molar-refractivity contribution in [3.05, 3.63) is 83.3 Å². The summed E-state index contributed by atoms with van der Waals surface area (Å²) in [7, 11) is 0. The quantitative estimate of drug-likeness (QED) is 0.111. The number of rotatable bonds is 9. The fourth-order valence-electron chi connectivity index (χ4n) is 4.61. The van der Waals surface area contributed by atoms with Crippen LogP contribution in [0.2, 0.25) is 0 Å². The molecule has 2 aromatic heterocycles. The first-order valence-corrected chi connectivity index (χ1v) is 15.0. The molecule has 1 saturated heterocycles. The van der Waals surface area contributed by atoms with Crippen molar-refractivity contribution in [3.63, 3.8) is 0 Å². The number of esters is 1. The van der Waals surface area contributed by atoms with E-state index in [4.69, 9.17) is 16.3 Å². The number of hydrogen-bond acceptors (Lipinski definition) is 9.